The maximum atomic E-state index is 11.5. The van der Waals surface area contributed by atoms with E-state index in [1.54, 1.807) is 6.92 Å². The zero-order valence-electron chi connectivity index (χ0n) is 8.04. The molecule has 1 aromatic rings. The Bertz CT molecular complexity index is 406. The maximum absolute atomic E-state index is 11.5. The number of hydrogen-bond donors (Lipinski definition) is 3. The van der Waals surface area contributed by atoms with Gasteiger partial charge in [-0.25, -0.2) is 9.97 Å². The van der Waals surface area contributed by atoms with Gasteiger partial charge < -0.3 is 11.1 Å². The molecular weight excluding hydrogens is 262 g/mol. The fourth-order valence-corrected chi connectivity index (χ4v) is 1.11. The van der Waals surface area contributed by atoms with Crippen molar-refractivity contribution >= 4 is 33.5 Å². The molecule has 0 saturated carbocycles. The van der Waals surface area contributed by atoms with E-state index in [0.29, 0.717) is 11.0 Å². The lowest BCUT2D eigenvalue weighted by Crippen LogP contribution is -2.30. The Labute approximate surface area is 94.9 Å². The lowest BCUT2D eigenvalue weighted by Gasteiger charge is -2.05. The van der Waals surface area contributed by atoms with Crippen molar-refractivity contribution in [1.82, 2.24) is 15.3 Å². The Morgan fingerprint density at radius 2 is 2.40 bits per heavy atom. The largest absolute Gasteiger partial charge is 0.382 e. The number of nitrogen functional groups attached to an aromatic ring is 1. The molecule has 15 heavy (non-hydrogen) atoms. The Balaban J connectivity index is 2.91. The van der Waals surface area contributed by atoms with E-state index < -0.39 is 5.91 Å². The van der Waals surface area contributed by atoms with E-state index in [-0.39, 0.29) is 17.3 Å². The van der Waals surface area contributed by atoms with Gasteiger partial charge in [0, 0.05) is 6.42 Å². The number of aromatic nitrogens is 2. The van der Waals surface area contributed by atoms with Crippen LogP contribution in [-0.4, -0.2) is 21.7 Å². The molecule has 7 heteroatoms. The fourth-order valence-electron chi connectivity index (χ4n) is 0.829. The summed E-state index contributed by atoms with van der Waals surface area (Å²) < 4.78 is 0.421. The molecule has 0 atom stereocenters. The number of nitrogens with two attached hydrogens (primary N) is 1. The smallest absolute Gasteiger partial charge is 0.279 e. The SMILES string of the molecule is CCC(=N)NC(=O)c1nc(Br)cnc1N. The van der Waals surface area contributed by atoms with Crippen molar-refractivity contribution in [3.05, 3.63) is 16.5 Å². The van der Waals surface area contributed by atoms with Crippen molar-refractivity contribution in [3.8, 4) is 0 Å². The molecule has 1 rings (SSSR count). The van der Waals surface area contributed by atoms with Crippen molar-refractivity contribution in [2.45, 2.75) is 13.3 Å². The zero-order chi connectivity index (χ0) is 11.4. The maximum Gasteiger partial charge on any atom is 0.279 e. The van der Waals surface area contributed by atoms with E-state index in [1.165, 1.54) is 6.20 Å². The summed E-state index contributed by atoms with van der Waals surface area (Å²) in [6.45, 7) is 1.76. The van der Waals surface area contributed by atoms with Crippen LogP contribution in [0.15, 0.2) is 10.8 Å². The third-order valence-corrected chi connectivity index (χ3v) is 1.99. The number of rotatable bonds is 2. The van der Waals surface area contributed by atoms with Gasteiger partial charge in [-0.05, 0) is 15.9 Å². The summed E-state index contributed by atoms with van der Waals surface area (Å²) in [5, 5.41) is 9.66. The van der Waals surface area contributed by atoms with E-state index in [9.17, 15) is 4.79 Å². The van der Waals surface area contributed by atoms with Crippen LogP contribution in [0.2, 0.25) is 0 Å². The molecule has 1 aromatic heterocycles. The third-order valence-electron chi connectivity index (χ3n) is 1.60. The number of hydrogen-bond acceptors (Lipinski definition) is 5. The second-order valence-corrected chi connectivity index (χ2v) is 3.53. The van der Waals surface area contributed by atoms with Crippen molar-refractivity contribution < 1.29 is 4.79 Å². The molecule has 4 N–H and O–H groups in total. The molecule has 0 bridgehead atoms. The van der Waals surface area contributed by atoms with Crippen LogP contribution in [0.3, 0.4) is 0 Å². The summed E-state index contributed by atoms with van der Waals surface area (Å²) in [7, 11) is 0. The molecule has 0 spiro atoms. The normalized spacial score (nSPS) is 9.73. The predicted molar refractivity (Wildman–Crippen MR) is 59.6 cm³/mol. The number of halogens is 1. The molecule has 80 valence electrons. The standard InChI is InChI=1S/C8H10BrN5O/c1-2-5(10)14-8(15)6-7(11)12-3-4(9)13-6/h3H,2H2,1H3,(H2,11,12)(H2,10,14,15). The van der Waals surface area contributed by atoms with E-state index >= 15 is 0 Å². The molecule has 0 aliphatic carbocycles. The Morgan fingerprint density at radius 1 is 1.73 bits per heavy atom. The average molecular weight is 272 g/mol. The van der Waals surface area contributed by atoms with Crippen LogP contribution in [0.25, 0.3) is 0 Å². The first-order valence-electron chi connectivity index (χ1n) is 4.21. The first-order valence-corrected chi connectivity index (χ1v) is 5.00. The van der Waals surface area contributed by atoms with Crippen LogP contribution < -0.4 is 11.1 Å². The highest BCUT2D eigenvalue weighted by atomic mass is 79.9. The Hall–Kier alpha value is -1.50. The first-order chi connectivity index (χ1) is 7.04. The Kier molecular flexibility index (Phi) is 3.73. The summed E-state index contributed by atoms with van der Waals surface area (Å²) in [4.78, 5) is 19.2. The highest BCUT2D eigenvalue weighted by Crippen LogP contribution is 2.10. The molecule has 0 radical (unpaired) electrons. The molecule has 0 fully saturated rings. The topological polar surface area (TPSA) is 105 Å². The number of amides is 1. The minimum absolute atomic E-state index is 0.0163. The highest BCUT2D eigenvalue weighted by Gasteiger charge is 2.13. The van der Waals surface area contributed by atoms with Crippen molar-refractivity contribution in [1.29, 1.82) is 5.41 Å². The molecule has 0 aliphatic heterocycles. The number of amidine groups is 1. The van der Waals surface area contributed by atoms with Gasteiger partial charge in [0.1, 0.15) is 4.60 Å². The van der Waals surface area contributed by atoms with Crippen molar-refractivity contribution in [2.75, 3.05) is 5.73 Å². The summed E-state index contributed by atoms with van der Waals surface area (Å²) in [5.41, 5.74) is 5.50. The second kappa shape index (κ2) is 4.83. The number of anilines is 1. The van der Waals surface area contributed by atoms with Crippen LogP contribution in [0.1, 0.15) is 23.8 Å². The molecule has 1 heterocycles. The monoisotopic (exact) mass is 271 g/mol. The average Bonchev–Trinajstić information content (AvgIpc) is 2.21. The quantitative estimate of drug-likeness (QED) is 0.550. The van der Waals surface area contributed by atoms with Gasteiger partial charge in [-0.15, -0.1) is 0 Å². The van der Waals surface area contributed by atoms with E-state index in [0.717, 1.165) is 0 Å². The molecule has 6 nitrogen and oxygen atoms in total. The summed E-state index contributed by atoms with van der Waals surface area (Å²) >= 11 is 3.09. The fraction of sp³-hybridized carbons (Fsp3) is 0.250. The van der Waals surface area contributed by atoms with Crippen molar-refractivity contribution in [2.24, 2.45) is 0 Å². The second-order valence-electron chi connectivity index (χ2n) is 2.71. The van der Waals surface area contributed by atoms with Gasteiger partial charge in [-0.2, -0.15) is 0 Å². The van der Waals surface area contributed by atoms with Gasteiger partial charge in [0.05, 0.1) is 12.0 Å². The number of nitrogens with zero attached hydrogens (tertiary/aromatic N) is 2. The van der Waals surface area contributed by atoms with Crippen LogP contribution in [0, 0.1) is 5.41 Å². The van der Waals surface area contributed by atoms with Gasteiger partial charge in [0.2, 0.25) is 0 Å². The Morgan fingerprint density at radius 3 is 3.00 bits per heavy atom. The first kappa shape index (κ1) is 11.6. The lowest BCUT2D eigenvalue weighted by molar-refractivity contribution is 0.0972. The molecule has 1 amide bonds. The molecule has 0 saturated heterocycles. The minimum atomic E-state index is -0.520. The number of carbonyl (C=O) groups is 1. The number of carbonyl (C=O) groups excluding carboxylic acids is 1. The lowest BCUT2D eigenvalue weighted by atomic mass is 10.3. The zero-order valence-corrected chi connectivity index (χ0v) is 9.63. The summed E-state index contributed by atoms with van der Waals surface area (Å²) in [6, 6.07) is 0. The van der Waals surface area contributed by atoms with Crippen LogP contribution >= 0.6 is 15.9 Å². The third kappa shape index (κ3) is 2.98. The molecule has 0 aliphatic rings. The van der Waals surface area contributed by atoms with E-state index in [2.05, 4.69) is 31.2 Å². The van der Waals surface area contributed by atoms with Gasteiger partial charge in [0.25, 0.3) is 5.91 Å². The van der Waals surface area contributed by atoms with Gasteiger partial charge in [-0.3, -0.25) is 10.2 Å². The highest BCUT2D eigenvalue weighted by molar-refractivity contribution is 9.10. The summed E-state index contributed by atoms with van der Waals surface area (Å²) in [5.74, 6) is -0.367. The van der Waals surface area contributed by atoms with E-state index in [1.807, 2.05) is 0 Å². The summed E-state index contributed by atoms with van der Waals surface area (Å²) in [6.07, 6.45) is 1.84. The predicted octanol–water partition coefficient (Wildman–Crippen LogP) is 0.938. The van der Waals surface area contributed by atoms with Gasteiger partial charge in [-0.1, -0.05) is 6.92 Å². The molecular formula is C8H10BrN5O. The van der Waals surface area contributed by atoms with Crippen molar-refractivity contribution in [3.63, 3.8) is 0 Å². The molecule has 0 aromatic carbocycles. The molecule has 0 unspecified atom stereocenters. The van der Waals surface area contributed by atoms with Crippen LogP contribution in [0.5, 0.6) is 0 Å². The van der Waals surface area contributed by atoms with Gasteiger partial charge in [0.15, 0.2) is 11.5 Å². The minimum Gasteiger partial charge on any atom is -0.382 e. The van der Waals surface area contributed by atoms with E-state index in [4.69, 9.17) is 11.1 Å². The van der Waals surface area contributed by atoms with Crippen LogP contribution in [0.4, 0.5) is 5.82 Å². The van der Waals surface area contributed by atoms with Gasteiger partial charge >= 0.3 is 0 Å². The number of nitrogens with one attached hydrogen (secondary N) is 2. The van der Waals surface area contributed by atoms with Crippen LogP contribution in [-0.2, 0) is 0 Å².